The summed E-state index contributed by atoms with van der Waals surface area (Å²) < 4.78 is 0. The second-order valence-corrected chi connectivity index (χ2v) is 5.83. The Bertz CT molecular complexity index is 222. The third-order valence-electron chi connectivity index (χ3n) is 4.06. The lowest BCUT2D eigenvalue weighted by Crippen LogP contribution is -2.67. The maximum atomic E-state index is 3.73. The molecule has 4 nitrogen and oxygen atoms in total. The summed E-state index contributed by atoms with van der Waals surface area (Å²) in [7, 11) is 0. The number of nitrogens with one attached hydrogen (secondary N) is 1. The van der Waals surface area contributed by atoms with Gasteiger partial charge in [-0.3, -0.25) is 20.0 Å². The Labute approximate surface area is 106 Å². The lowest BCUT2D eigenvalue weighted by Gasteiger charge is -2.49. The molecule has 0 atom stereocenters. The lowest BCUT2D eigenvalue weighted by molar-refractivity contribution is -0.0563. The van der Waals surface area contributed by atoms with E-state index in [9.17, 15) is 0 Å². The Balaban J connectivity index is 2.19. The van der Waals surface area contributed by atoms with Crippen molar-refractivity contribution < 1.29 is 0 Å². The number of nitrogens with zero attached hydrogens (tertiary/aromatic N) is 3. The first-order valence-corrected chi connectivity index (χ1v) is 7.07. The van der Waals surface area contributed by atoms with Crippen LogP contribution in [-0.2, 0) is 0 Å². The van der Waals surface area contributed by atoms with E-state index in [1.165, 1.54) is 32.7 Å². The van der Waals surface area contributed by atoms with Crippen LogP contribution in [0.25, 0.3) is 0 Å². The highest BCUT2D eigenvalue weighted by Crippen LogP contribution is 2.16. The molecule has 0 amide bonds. The maximum Gasteiger partial charge on any atom is 0.117 e. The van der Waals surface area contributed by atoms with E-state index in [2.05, 4.69) is 47.7 Å². The monoisotopic (exact) mass is 240 g/mol. The molecule has 4 heteroatoms. The van der Waals surface area contributed by atoms with Gasteiger partial charge in [0.05, 0.1) is 0 Å². The second kappa shape index (κ2) is 5.65. The molecule has 0 saturated carbocycles. The van der Waals surface area contributed by atoms with Crippen molar-refractivity contribution in [2.75, 3.05) is 39.3 Å². The normalized spacial score (nSPS) is 32.8. The van der Waals surface area contributed by atoms with Crippen molar-refractivity contribution in [1.29, 1.82) is 0 Å². The first-order valence-electron chi connectivity index (χ1n) is 7.07. The molecule has 3 fully saturated rings. The van der Waals surface area contributed by atoms with Crippen LogP contribution in [0.4, 0.5) is 0 Å². The third-order valence-corrected chi connectivity index (χ3v) is 4.06. The Morgan fingerprint density at radius 1 is 0.824 bits per heavy atom. The van der Waals surface area contributed by atoms with Gasteiger partial charge in [0, 0.05) is 51.4 Å². The van der Waals surface area contributed by atoms with Crippen LogP contribution in [0.5, 0.6) is 0 Å². The van der Waals surface area contributed by atoms with Crippen LogP contribution in [-0.4, -0.2) is 72.3 Å². The smallest absolute Gasteiger partial charge is 0.117 e. The molecule has 3 aliphatic rings. The van der Waals surface area contributed by atoms with E-state index < -0.39 is 0 Å². The molecule has 0 aromatic carbocycles. The molecule has 3 saturated heterocycles. The zero-order valence-corrected chi connectivity index (χ0v) is 11.8. The van der Waals surface area contributed by atoms with Crippen molar-refractivity contribution in [1.82, 2.24) is 20.0 Å². The zero-order valence-electron chi connectivity index (χ0n) is 11.8. The van der Waals surface area contributed by atoms with Crippen LogP contribution in [0.3, 0.4) is 0 Å². The zero-order chi connectivity index (χ0) is 12.4. The van der Waals surface area contributed by atoms with Crippen molar-refractivity contribution in [2.45, 2.75) is 46.1 Å². The molecule has 3 rings (SSSR count). The van der Waals surface area contributed by atoms with Gasteiger partial charge in [0.2, 0.25) is 0 Å². The lowest BCUT2D eigenvalue weighted by atomic mass is 10.2. The predicted molar refractivity (Wildman–Crippen MR) is 71.9 cm³/mol. The third kappa shape index (κ3) is 2.99. The van der Waals surface area contributed by atoms with Gasteiger partial charge in [0.25, 0.3) is 0 Å². The molecular formula is C13H28N4. The molecule has 0 spiro atoms. The standard InChI is InChI=1S/C13H28N4/c1-11(2)16-9-7-15-6-5-14-13(16)17(10-8-15)12(3)4/h11-14H,5-10H2,1-4H3. The van der Waals surface area contributed by atoms with Crippen LogP contribution in [0.2, 0.25) is 0 Å². The van der Waals surface area contributed by atoms with E-state index >= 15 is 0 Å². The molecule has 0 aromatic rings. The van der Waals surface area contributed by atoms with E-state index in [4.69, 9.17) is 0 Å². The van der Waals surface area contributed by atoms with Crippen molar-refractivity contribution in [3.05, 3.63) is 0 Å². The SMILES string of the molecule is CC(C)N1CCN2CCNC1N(C(C)C)CC2. The van der Waals surface area contributed by atoms with Crippen molar-refractivity contribution in [2.24, 2.45) is 0 Å². The number of rotatable bonds is 2. The van der Waals surface area contributed by atoms with E-state index in [1.807, 2.05) is 0 Å². The summed E-state index contributed by atoms with van der Waals surface area (Å²) in [6.07, 6.45) is 0.428. The van der Waals surface area contributed by atoms with Gasteiger partial charge in [-0.1, -0.05) is 0 Å². The maximum absolute atomic E-state index is 3.73. The van der Waals surface area contributed by atoms with Crippen LogP contribution in [0, 0.1) is 0 Å². The Morgan fingerprint density at radius 3 is 1.82 bits per heavy atom. The van der Waals surface area contributed by atoms with Gasteiger partial charge in [-0.15, -0.1) is 0 Å². The highest BCUT2D eigenvalue weighted by atomic mass is 15.5. The average Bonchev–Trinajstić information content (AvgIpc) is 2.13. The molecule has 3 heterocycles. The number of hydrogen-bond acceptors (Lipinski definition) is 4. The van der Waals surface area contributed by atoms with Crippen molar-refractivity contribution in [3.8, 4) is 0 Å². The summed E-state index contributed by atoms with van der Waals surface area (Å²) in [5.41, 5.74) is 0. The summed E-state index contributed by atoms with van der Waals surface area (Å²) in [5.74, 6) is 0. The number of fused-ring (bicyclic) bond motifs is 6. The minimum Gasteiger partial charge on any atom is -0.300 e. The van der Waals surface area contributed by atoms with Gasteiger partial charge in [-0.25, -0.2) is 0 Å². The first kappa shape index (κ1) is 13.3. The van der Waals surface area contributed by atoms with Crippen LogP contribution in [0.15, 0.2) is 0 Å². The quantitative estimate of drug-likeness (QED) is 0.763. The molecule has 0 radical (unpaired) electrons. The molecule has 0 aliphatic carbocycles. The van der Waals surface area contributed by atoms with Crippen LogP contribution in [0.1, 0.15) is 27.7 Å². The van der Waals surface area contributed by atoms with Gasteiger partial charge < -0.3 is 0 Å². The molecular weight excluding hydrogens is 212 g/mol. The Kier molecular flexibility index (Phi) is 4.42. The number of hydrogen-bond donors (Lipinski definition) is 1. The van der Waals surface area contributed by atoms with Crippen LogP contribution >= 0.6 is 0 Å². The van der Waals surface area contributed by atoms with Gasteiger partial charge in [0.15, 0.2) is 0 Å². The average molecular weight is 240 g/mol. The second-order valence-electron chi connectivity index (χ2n) is 5.83. The fourth-order valence-electron chi connectivity index (χ4n) is 2.95. The predicted octanol–water partition coefficient (Wildman–Crippen LogP) is 0.610. The van der Waals surface area contributed by atoms with Crippen molar-refractivity contribution in [3.63, 3.8) is 0 Å². The summed E-state index contributed by atoms with van der Waals surface area (Å²) in [6, 6.07) is 1.21. The minimum atomic E-state index is 0.428. The highest BCUT2D eigenvalue weighted by molar-refractivity contribution is 4.84. The van der Waals surface area contributed by atoms with E-state index in [0.717, 1.165) is 6.54 Å². The van der Waals surface area contributed by atoms with Crippen LogP contribution < -0.4 is 5.32 Å². The first-order chi connectivity index (χ1) is 8.09. The molecule has 2 bridgehead atoms. The topological polar surface area (TPSA) is 21.8 Å². The largest absolute Gasteiger partial charge is 0.300 e. The fraction of sp³-hybridized carbons (Fsp3) is 1.00. The summed E-state index contributed by atoms with van der Waals surface area (Å²) in [4.78, 5) is 7.80. The van der Waals surface area contributed by atoms with Gasteiger partial charge in [-0.05, 0) is 27.7 Å². The molecule has 17 heavy (non-hydrogen) atoms. The van der Waals surface area contributed by atoms with Gasteiger partial charge in [0.1, 0.15) is 6.29 Å². The summed E-state index contributed by atoms with van der Waals surface area (Å²) in [5, 5.41) is 3.73. The molecule has 0 unspecified atom stereocenters. The van der Waals surface area contributed by atoms with Crippen molar-refractivity contribution >= 4 is 0 Å². The Morgan fingerprint density at radius 2 is 1.35 bits per heavy atom. The van der Waals surface area contributed by atoms with Gasteiger partial charge >= 0.3 is 0 Å². The molecule has 0 aromatic heterocycles. The van der Waals surface area contributed by atoms with E-state index in [0.29, 0.717) is 18.4 Å². The highest BCUT2D eigenvalue weighted by Gasteiger charge is 2.32. The van der Waals surface area contributed by atoms with E-state index in [1.54, 1.807) is 0 Å². The van der Waals surface area contributed by atoms with E-state index in [-0.39, 0.29) is 0 Å². The molecule has 1 N–H and O–H groups in total. The fourth-order valence-corrected chi connectivity index (χ4v) is 2.95. The van der Waals surface area contributed by atoms with Gasteiger partial charge in [-0.2, -0.15) is 0 Å². The summed E-state index contributed by atoms with van der Waals surface area (Å²) in [6.45, 7) is 16.3. The summed E-state index contributed by atoms with van der Waals surface area (Å²) >= 11 is 0. The Hall–Kier alpha value is -0.160. The molecule has 3 aliphatic heterocycles. The minimum absolute atomic E-state index is 0.428. The molecule has 100 valence electrons.